The molecule has 0 bridgehead atoms. The van der Waals surface area contributed by atoms with Gasteiger partial charge >= 0.3 is 5.97 Å². The van der Waals surface area contributed by atoms with E-state index in [4.69, 9.17) is 21.1 Å². The highest BCUT2D eigenvalue weighted by Crippen LogP contribution is 2.32. The van der Waals surface area contributed by atoms with Crippen molar-refractivity contribution in [3.8, 4) is 11.5 Å². The van der Waals surface area contributed by atoms with E-state index < -0.39 is 17.8 Å². The Hall–Kier alpha value is -4.10. The number of ether oxygens (including phenoxy) is 2. The van der Waals surface area contributed by atoms with E-state index in [1.54, 1.807) is 42.5 Å². The molecule has 172 valence electrons. The van der Waals surface area contributed by atoms with Crippen LogP contribution >= 0.6 is 11.6 Å². The van der Waals surface area contributed by atoms with Gasteiger partial charge in [0.1, 0.15) is 10.7 Å². The van der Waals surface area contributed by atoms with Gasteiger partial charge in [-0.05, 0) is 67.4 Å². The van der Waals surface area contributed by atoms with E-state index in [2.05, 4.69) is 5.32 Å². The molecule has 0 fully saturated rings. The Bertz CT molecular complexity index is 1330. The summed E-state index contributed by atoms with van der Waals surface area (Å²) in [6, 6.07) is 18.6. The summed E-state index contributed by atoms with van der Waals surface area (Å²) in [4.78, 5) is 39.4. The van der Waals surface area contributed by atoms with Crippen LogP contribution in [0.25, 0.3) is 0 Å². The summed E-state index contributed by atoms with van der Waals surface area (Å²) >= 11 is 6.23. The van der Waals surface area contributed by atoms with Crippen molar-refractivity contribution in [1.29, 1.82) is 0 Å². The number of aryl methyl sites for hydroxylation is 2. The number of esters is 1. The number of hydrogen-bond acceptors (Lipinski definition) is 6. The molecule has 0 aromatic heterocycles. The number of benzene rings is 3. The molecule has 34 heavy (non-hydrogen) atoms. The van der Waals surface area contributed by atoms with Crippen molar-refractivity contribution in [2.75, 3.05) is 17.3 Å². The number of carbonyl (C=O) groups is 3. The minimum atomic E-state index is -0.597. The van der Waals surface area contributed by atoms with Crippen molar-refractivity contribution in [2.45, 2.75) is 13.8 Å². The van der Waals surface area contributed by atoms with Crippen LogP contribution in [0.5, 0.6) is 11.5 Å². The fourth-order valence-corrected chi connectivity index (χ4v) is 3.70. The van der Waals surface area contributed by atoms with Crippen LogP contribution in [0.2, 0.25) is 0 Å². The minimum Gasteiger partial charge on any atom is -0.493 e. The molecule has 0 aliphatic carbocycles. The first-order valence-electron chi connectivity index (χ1n) is 10.4. The number of para-hydroxylation sites is 2. The molecular weight excluding hydrogens is 456 g/mol. The van der Waals surface area contributed by atoms with Gasteiger partial charge < -0.3 is 14.8 Å². The first-order chi connectivity index (χ1) is 16.3. The SMILES string of the molecule is COc1ccccc1OC(=O)c1ccc(NC2=C(Cl)C(=O)N(c3cc(C)ccc3C)C2=O)cc1. The highest BCUT2D eigenvalue weighted by Gasteiger charge is 2.39. The van der Waals surface area contributed by atoms with Crippen LogP contribution in [0.15, 0.2) is 77.5 Å². The summed E-state index contributed by atoms with van der Waals surface area (Å²) in [5.41, 5.74) is 2.91. The Morgan fingerprint density at radius 1 is 0.912 bits per heavy atom. The molecule has 0 saturated heterocycles. The molecule has 0 radical (unpaired) electrons. The average Bonchev–Trinajstić information content (AvgIpc) is 3.04. The number of rotatable bonds is 6. The van der Waals surface area contributed by atoms with Crippen LogP contribution in [-0.2, 0) is 9.59 Å². The van der Waals surface area contributed by atoms with Crippen LogP contribution in [0.3, 0.4) is 0 Å². The molecule has 3 aromatic carbocycles. The summed E-state index contributed by atoms with van der Waals surface area (Å²) in [6.07, 6.45) is 0. The van der Waals surface area contributed by atoms with Crippen molar-refractivity contribution in [3.63, 3.8) is 0 Å². The molecular formula is C26H21ClN2O5. The van der Waals surface area contributed by atoms with Crippen LogP contribution < -0.4 is 19.7 Å². The molecule has 1 aliphatic heterocycles. The van der Waals surface area contributed by atoms with Gasteiger partial charge in [0, 0.05) is 5.69 Å². The van der Waals surface area contributed by atoms with Crippen LogP contribution in [0, 0.1) is 13.8 Å². The molecule has 1 N–H and O–H groups in total. The molecule has 0 atom stereocenters. The molecule has 7 nitrogen and oxygen atoms in total. The van der Waals surface area contributed by atoms with E-state index in [0.29, 0.717) is 28.4 Å². The largest absolute Gasteiger partial charge is 0.493 e. The fraction of sp³-hybridized carbons (Fsp3) is 0.115. The van der Waals surface area contributed by atoms with E-state index in [1.807, 2.05) is 26.0 Å². The number of amides is 2. The van der Waals surface area contributed by atoms with Gasteiger partial charge in [0.2, 0.25) is 0 Å². The molecule has 0 unspecified atom stereocenters. The van der Waals surface area contributed by atoms with Crippen molar-refractivity contribution in [1.82, 2.24) is 0 Å². The first kappa shape index (κ1) is 23.1. The van der Waals surface area contributed by atoms with Gasteiger partial charge in [-0.1, -0.05) is 35.9 Å². The highest BCUT2D eigenvalue weighted by molar-refractivity contribution is 6.53. The van der Waals surface area contributed by atoms with Crippen molar-refractivity contribution in [2.24, 2.45) is 0 Å². The predicted molar refractivity (Wildman–Crippen MR) is 129 cm³/mol. The smallest absolute Gasteiger partial charge is 0.343 e. The van der Waals surface area contributed by atoms with Gasteiger partial charge in [-0.15, -0.1) is 0 Å². The van der Waals surface area contributed by atoms with Gasteiger partial charge in [0.15, 0.2) is 11.5 Å². The summed E-state index contributed by atoms with van der Waals surface area (Å²) in [5, 5.41) is 2.70. The lowest BCUT2D eigenvalue weighted by Gasteiger charge is -2.18. The predicted octanol–water partition coefficient (Wildman–Crippen LogP) is 4.97. The molecule has 1 heterocycles. The second-order valence-corrected chi connectivity index (χ2v) is 8.05. The van der Waals surface area contributed by atoms with Gasteiger partial charge in [0.05, 0.1) is 18.4 Å². The Morgan fingerprint density at radius 2 is 1.59 bits per heavy atom. The Morgan fingerprint density at radius 3 is 2.26 bits per heavy atom. The lowest BCUT2D eigenvalue weighted by molar-refractivity contribution is -0.120. The zero-order chi connectivity index (χ0) is 24.4. The van der Waals surface area contributed by atoms with Gasteiger partial charge in [0.25, 0.3) is 11.8 Å². The van der Waals surface area contributed by atoms with Crippen LogP contribution in [-0.4, -0.2) is 24.9 Å². The monoisotopic (exact) mass is 476 g/mol. The van der Waals surface area contributed by atoms with E-state index in [0.717, 1.165) is 16.0 Å². The fourth-order valence-electron chi connectivity index (χ4n) is 3.49. The van der Waals surface area contributed by atoms with Gasteiger partial charge in [-0.3, -0.25) is 9.59 Å². The maximum Gasteiger partial charge on any atom is 0.343 e. The maximum atomic E-state index is 13.0. The molecule has 4 rings (SSSR count). The summed E-state index contributed by atoms with van der Waals surface area (Å²) in [7, 11) is 1.49. The van der Waals surface area contributed by atoms with Crippen molar-refractivity contribution < 1.29 is 23.9 Å². The molecule has 8 heteroatoms. The zero-order valence-electron chi connectivity index (χ0n) is 18.7. The second-order valence-electron chi connectivity index (χ2n) is 7.67. The third-order valence-corrected chi connectivity index (χ3v) is 5.65. The standard InChI is InChI=1S/C26H21ClN2O5/c1-15-8-9-16(2)19(14-15)29-24(30)22(27)23(25(29)31)28-18-12-10-17(11-13-18)26(32)34-21-7-5-4-6-20(21)33-3/h4-14,28H,1-3H3. The number of anilines is 2. The van der Waals surface area contributed by atoms with Crippen LogP contribution in [0.1, 0.15) is 21.5 Å². The number of nitrogens with zero attached hydrogens (tertiary/aromatic N) is 1. The topological polar surface area (TPSA) is 84.9 Å². The summed E-state index contributed by atoms with van der Waals surface area (Å²) in [5.74, 6) is -0.978. The minimum absolute atomic E-state index is 0.0306. The lowest BCUT2D eigenvalue weighted by atomic mass is 10.1. The van der Waals surface area contributed by atoms with Crippen molar-refractivity contribution in [3.05, 3.63) is 94.1 Å². The van der Waals surface area contributed by atoms with E-state index in [9.17, 15) is 14.4 Å². The number of nitrogens with one attached hydrogen (secondary N) is 1. The molecule has 0 saturated carbocycles. The number of halogens is 1. The second kappa shape index (κ2) is 9.41. The number of carbonyl (C=O) groups excluding carboxylic acids is 3. The number of methoxy groups -OCH3 is 1. The quantitative estimate of drug-likeness (QED) is 0.307. The third kappa shape index (κ3) is 4.38. The molecule has 0 spiro atoms. The molecule has 1 aliphatic rings. The molecule has 2 amide bonds. The van der Waals surface area contributed by atoms with E-state index >= 15 is 0 Å². The average molecular weight is 477 g/mol. The van der Waals surface area contributed by atoms with Gasteiger partial charge in [-0.2, -0.15) is 0 Å². The zero-order valence-corrected chi connectivity index (χ0v) is 19.5. The third-order valence-electron chi connectivity index (χ3n) is 5.29. The number of hydrogen-bond donors (Lipinski definition) is 1. The Labute approximate surface area is 201 Å². The first-order valence-corrected chi connectivity index (χ1v) is 10.8. The Balaban J connectivity index is 1.51. The van der Waals surface area contributed by atoms with Crippen molar-refractivity contribution >= 4 is 40.8 Å². The van der Waals surface area contributed by atoms with Crippen LogP contribution in [0.4, 0.5) is 11.4 Å². The highest BCUT2D eigenvalue weighted by atomic mass is 35.5. The number of imide groups is 1. The Kier molecular flexibility index (Phi) is 6.38. The van der Waals surface area contributed by atoms with E-state index in [-0.39, 0.29) is 10.7 Å². The summed E-state index contributed by atoms with van der Waals surface area (Å²) < 4.78 is 10.6. The maximum absolute atomic E-state index is 13.0. The normalized spacial score (nSPS) is 13.4. The molecule has 3 aromatic rings. The summed E-state index contributed by atoms with van der Waals surface area (Å²) in [6.45, 7) is 3.69. The lowest BCUT2D eigenvalue weighted by Crippen LogP contribution is -2.32. The van der Waals surface area contributed by atoms with Gasteiger partial charge in [-0.25, -0.2) is 9.69 Å². The van der Waals surface area contributed by atoms with E-state index in [1.165, 1.54) is 19.2 Å².